The average molecular weight is 574 g/mol. The third-order valence-electron chi connectivity index (χ3n) is 7.38. The number of carboxylic acids is 1. The maximum atomic E-state index is 11.6. The topological polar surface area (TPSA) is 89.0 Å². The number of benzene rings is 2. The monoisotopic (exact) mass is 573 g/mol. The maximum Gasteiger partial charge on any atom is 0.308 e. The molecule has 2 aliphatic rings. The smallest absolute Gasteiger partial charge is 0.308 e. The number of anilines is 1. The summed E-state index contributed by atoms with van der Waals surface area (Å²) in [6, 6.07) is 12.0. The molecule has 0 saturated carbocycles. The lowest BCUT2D eigenvalue weighted by Crippen LogP contribution is -2.39. The fourth-order valence-electron chi connectivity index (χ4n) is 5.07. The van der Waals surface area contributed by atoms with E-state index in [2.05, 4.69) is 34.9 Å². The Balaban J connectivity index is 1.27. The van der Waals surface area contributed by atoms with Gasteiger partial charge >= 0.3 is 5.97 Å². The third kappa shape index (κ3) is 6.29. The molecule has 3 aromatic rings. The van der Waals surface area contributed by atoms with Crippen LogP contribution < -0.4 is 9.64 Å². The van der Waals surface area contributed by atoms with Crippen molar-refractivity contribution in [2.24, 2.45) is 11.8 Å². The molecule has 2 aromatic carbocycles. The van der Waals surface area contributed by atoms with Gasteiger partial charge in [-0.2, -0.15) is 0 Å². The summed E-state index contributed by atoms with van der Waals surface area (Å²) >= 11 is 7.19. The molecule has 1 N–H and O–H groups in total. The molecule has 3 heterocycles. The molecule has 2 unspecified atom stereocenters. The minimum atomic E-state index is -0.755. The highest BCUT2D eigenvalue weighted by Crippen LogP contribution is 2.38. The predicted octanol–water partition coefficient (Wildman–Crippen LogP) is 5.07. The summed E-state index contributed by atoms with van der Waals surface area (Å²) in [5.74, 6) is 1.16. The Kier molecular flexibility index (Phi) is 8.50. The maximum absolute atomic E-state index is 11.6. The predicted molar refractivity (Wildman–Crippen MR) is 154 cm³/mol. The van der Waals surface area contributed by atoms with Crippen LogP contribution in [0.15, 0.2) is 41.8 Å². The SMILES string of the molecule is Cc1cc(CN2CC[S+]([O-])CC2)ccc1COc1ccc(Cl)cc1-c1csc(N2CC(C)C(C(=O)O)C2)n1. The van der Waals surface area contributed by atoms with E-state index in [1.165, 1.54) is 22.5 Å². The number of thiazole rings is 1. The fourth-order valence-corrected chi connectivity index (χ4v) is 7.22. The molecular formula is C28H32ClN3O4S2. The van der Waals surface area contributed by atoms with Crippen LogP contribution in [-0.2, 0) is 29.1 Å². The Morgan fingerprint density at radius 2 is 2.03 bits per heavy atom. The second kappa shape index (κ2) is 11.8. The number of halogens is 1. The molecule has 1 aromatic heterocycles. The molecule has 202 valence electrons. The fraction of sp³-hybridized carbons (Fsp3) is 0.429. The molecule has 2 atom stereocenters. The number of hydrogen-bond donors (Lipinski definition) is 1. The van der Waals surface area contributed by atoms with Gasteiger partial charge in [0.2, 0.25) is 0 Å². The van der Waals surface area contributed by atoms with E-state index in [4.69, 9.17) is 21.3 Å². The molecule has 2 aliphatic heterocycles. The van der Waals surface area contributed by atoms with Gasteiger partial charge in [-0.1, -0.05) is 47.9 Å². The Morgan fingerprint density at radius 3 is 2.74 bits per heavy atom. The number of carbonyl (C=O) groups is 1. The van der Waals surface area contributed by atoms with E-state index >= 15 is 0 Å². The Labute approximate surface area is 235 Å². The van der Waals surface area contributed by atoms with Crippen molar-refractivity contribution in [3.63, 3.8) is 0 Å². The lowest BCUT2D eigenvalue weighted by Gasteiger charge is -2.28. The summed E-state index contributed by atoms with van der Waals surface area (Å²) in [4.78, 5) is 20.8. The number of carboxylic acid groups (broad SMARTS) is 1. The number of hydrogen-bond acceptors (Lipinski definition) is 7. The van der Waals surface area contributed by atoms with Crippen LogP contribution in [-0.4, -0.2) is 63.2 Å². The Hall–Kier alpha value is -2.30. The normalized spacial score (nSPS) is 20.7. The van der Waals surface area contributed by atoms with Crippen molar-refractivity contribution in [2.75, 3.05) is 42.6 Å². The van der Waals surface area contributed by atoms with E-state index in [0.717, 1.165) is 53.1 Å². The minimum absolute atomic E-state index is 0.0740. The van der Waals surface area contributed by atoms with E-state index in [1.807, 2.05) is 30.5 Å². The zero-order valence-electron chi connectivity index (χ0n) is 21.6. The standard InChI is InChI=1S/C28H32ClN3O4S2/c1-18-11-20(14-31-7-9-38(35)10-8-31)3-4-21(18)16-36-26-6-5-22(29)12-23(26)25-17-37-28(30-25)32-13-19(2)24(15-32)27(33)34/h3-6,11-12,17,19,24H,7-10,13-16H2,1-2H3,(H,33,34). The Bertz CT molecular complexity index is 1290. The molecule has 0 amide bonds. The van der Waals surface area contributed by atoms with Gasteiger partial charge in [0, 0.05) is 48.7 Å². The van der Waals surface area contributed by atoms with E-state index < -0.39 is 17.1 Å². The summed E-state index contributed by atoms with van der Waals surface area (Å²) in [7, 11) is 0. The minimum Gasteiger partial charge on any atom is -0.616 e. The van der Waals surface area contributed by atoms with Crippen molar-refractivity contribution in [3.05, 3.63) is 63.5 Å². The van der Waals surface area contributed by atoms with Gasteiger partial charge in [0.05, 0.1) is 11.6 Å². The van der Waals surface area contributed by atoms with Crippen LogP contribution in [0.5, 0.6) is 5.75 Å². The molecule has 5 rings (SSSR count). The summed E-state index contributed by atoms with van der Waals surface area (Å²) in [5, 5.41) is 12.9. The largest absolute Gasteiger partial charge is 0.616 e. The van der Waals surface area contributed by atoms with Gasteiger partial charge in [0.1, 0.15) is 23.9 Å². The van der Waals surface area contributed by atoms with Gasteiger partial charge in [-0.15, -0.1) is 11.3 Å². The first-order chi connectivity index (χ1) is 18.3. The molecule has 0 radical (unpaired) electrons. The lowest BCUT2D eigenvalue weighted by molar-refractivity contribution is -0.142. The quantitative estimate of drug-likeness (QED) is 0.376. The van der Waals surface area contributed by atoms with Crippen molar-refractivity contribution >= 4 is 45.2 Å². The summed E-state index contributed by atoms with van der Waals surface area (Å²) < 4.78 is 17.9. The van der Waals surface area contributed by atoms with Gasteiger partial charge < -0.3 is 19.3 Å². The molecule has 38 heavy (non-hydrogen) atoms. The van der Waals surface area contributed by atoms with Crippen LogP contribution in [0.1, 0.15) is 23.6 Å². The summed E-state index contributed by atoms with van der Waals surface area (Å²) in [6.07, 6.45) is 0. The van der Waals surface area contributed by atoms with Crippen molar-refractivity contribution in [1.82, 2.24) is 9.88 Å². The number of aryl methyl sites for hydroxylation is 1. The first kappa shape index (κ1) is 27.3. The molecule has 0 bridgehead atoms. The van der Waals surface area contributed by atoms with Crippen molar-refractivity contribution in [1.29, 1.82) is 0 Å². The first-order valence-corrected chi connectivity index (χ1v) is 15.5. The molecule has 7 nitrogen and oxygen atoms in total. The second-order valence-corrected chi connectivity index (χ2v) is 13.1. The van der Waals surface area contributed by atoms with Gasteiger partial charge in [-0.05, 0) is 47.7 Å². The molecule has 0 spiro atoms. The molecule has 0 aliphatic carbocycles. The highest BCUT2D eigenvalue weighted by molar-refractivity contribution is 7.91. The average Bonchev–Trinajstić information content (AvgIpc) is 3.53. The van der Waals surface area contributed by atoms with Crippen molar-refractivity contribution < 1.29 is 19.2 Å². The molecule has 2 saturated heterocycles. The highest BCUT2D eigenvalue weighted by atomic mass is 35.5. The zero-order chi connectivity index (χ0) is 26.8. The summed E-state index contributed by atoms with van der Waals surface area (Å²) in [6.45, 7) is 8.27. The number of rotatable bonds is 8. The summed E-state index contributed by atoms with van der Waals surface area (Å²) in [5.41, 5.74) is 5.12. The Morgan fingerprint density at radius 1 is 1.24 bits per heavy atom. The van der Waals surface area contributed by atoms with E-state index in [-0.39, 0.29) is 11.8 Å². The molecular weight excluding hydrogens is 542 g/mol. The third-order valence-corrected chi connectivity index (χ3v) is 9.79. The first-order valence-electron chi connectivity index (χ1n) is 12.8. The van der Waals surface area contributed by atoms with Crippen molar-refractivity contribution in [2.45, 2.75) is 27.0 Å². The highest BCUT2D eigenvalue weighted by Gasteiger charge is 2.36. The van der Waals surface area contributed by atoms with E-state index in [9.17, 15) is 14.5 Å². The molecule has 10 heteroatoms. The number of aliphatic carboxylic acids is 1. The van der Waals surface area contributed by atoms with Crippen LogP contribution >= 0.6 is 22.9 Å². The number of aromatic nitrogens is 1. The molecule has 2 fully saturated rings. The van der Waals surface area contributed by atoms with Gasteiger partial charge in [-0.3, -0.25) is 9.69 Å². The lowest BCUT2D eigenvalue weighted by atomic mass is 9.99. The van der Waals surface area contributed by atoms with Crippen LogP contribution in [0.2, 0.25) is 5.02 Å². The van der Waals surface area contributed by atoms with Crippen molar-refractivity contribution in [3.8, 4) is 17.0 Å². The van der Waals surface area contributed by atoms with E-state index in [0.29, 0.717) is 30.5 Å². The van der Waals surface area contributed by atoms with E-state index in [1.54, 1.807) is 0 Å². The van der Waals surface area contributed by atoms with Crippen LogP contribution in [0, 0.1) is 18.8 Å². The van der Waals surface area contributed by atoms with Gasteiger partial charge in [0.25, 0.3) is 0 Å². The van der Waals surface area contributed by atoms with Gasteiger partial charge in [0.15, 0.2) is 5.13 Å². The van der Waals surface area contributed by atoms with Crippen LogP contribution in [0.4, 0.5) is 5.13 Å². The second-order valence-electron chi connectivity index (χ2n) is 10.2. The van der Waals surface area contributed by atoms with Crippen LogP contribution in [0.3, 0.4) is 0 Å². The number of ether oxygens (including phenoxy) is 1. The number of nitrogens with zero attached hydrogens (tertiary/aromatic N) is 3. The van der Waals surface area contributed by atoms with Gasteiger partial charge in [-0.25, -0.2) is 4.98 Å². The van der Waals surface area contributed by atoms with Crippen LogP contribution in [0.25, 0.3) is 11.3 Å². The zero-order valence-corrected chi connectivity index (χ0v) is 23.9.